The number of amides is 2. The van der Waals surface area contributed by atoms with Crippen LogP contribution in [-0.4, -0.2) is 23.5 Å². The van der Waals surface area contributed by atoms with Gasteiger partial charge in [0.25, 0.3) is 0 Å². The maximum absolute atomic E-state index is 12.3. The third-order valence-corrected chi connectivity index (χ3v) is 4.95. The van der Waals surface area contributed by atoms with Crippen molar-refractivity contribution in [3.8, 4) is 5.75 Å². The van der Waals surface area contributed by atoms with E-state index in [2.05, 4.69) is 16.0 Å². The van der Waals surface area contributed by atoms with Crippen molar-refractivity contribution in [1.82, 2.24) is 5.32 Å². The highest BCUT2D eigenvalue weighted by Crippen LogP contribution is 2.16. The molecule has 0 aliphatic carbocycles. The number of thiocarbonyl (C=S) groups is 1. The second-order valence-electron chi connectivity index (χ2n) is 7.39. The molecule has 0 saturated heterocycles. The minimum absolute atomic E-state index is 0.0729. The predicted octanol–water partition coefficient (Wildman–Crippen LogP) is 5.18. The molecule has 7 heteroatoms. The smallest absolute Gasteiger partial charge is 0.250 e. The van der Waals surface area contributed by atoms with Gasteiger partial charge in [-0.3, -0.25) is 14.9 Å². The fourth-order valence-electron chi connectivity index (χ4n) is 3.13. The predicted molar refractivity (Wildman–Crippen MR) is 141 cm³/mol. The van der Waals surface area contributed by atoms with Gasteiger partial charge in [-0.15, -0.1) is 0 Å². The summed E-state index contributed by atoms with van der Waals surface area (Å²) in [5.74, 6) is 0.358. The molecule has 0 saturated carbocycles. The summed E-state index contributed by atoms with van der Waals surface area (Å²) >= 11 is 5.24. The lowest BCUT2D eigenvalue weighted by atomic mass is 10.1. The molecule has 3 N–H and O–H groups in total. The fourth-order valence-corrected chi connectivity index (χ4v) is 3.35. The number of ether oxygens (including phenoxy) is 1. The number of hydrogen-bond acceptors (Lipinski definition) is 4. The van der Waals surface area contributed by atoms with E-state index in [1.165, 1.54) is 6.08 Å². The van der Waals surface area contributed by atoms with Crippen LogP contribution in [0.2, 0.25) is 0 Å². The van der Waals surface area contributed by atoms with E-state index in [0.717, 1.165) is 16.9 Å². The summed E-state index contributed by atoms with van der Waals surface area (Å²) in [6.45, 7) is 2.53. The van der Waals surface area contributed by atoms with Crippen LogP contribution in [-0.2, 0) is 16.0 Å². The van der Waals surface area contributed by atoms with Crippen molar-refractivity contribution in [3.63, 3.8) is 0 Å². The molecule has 0 atom stereocenters. The van der Waals surface area contributed by atoms with E-state index in [0.29, 0.717) is 30.8 Å². The summed E-state index contributed by atoms with van der Waals surface area (Å²) in [5.41, 5.74) is 3.29. The van der Waals surface area contributed by atoms with Gasteiger partial charge in [0.15, 0.2) is 5.11 Å². The third kappa shape index (κ3) is 8.52. The molecule has 0 spiro atoms. The second kappa shape index (κ2) is 12.9. The molecule has 174 valence electrons. The molecule has 3 aromatic rings. The number of carbonyl (C=O) groups excluding carboxylic acids is 2. The summed E-state index contributed by atoms with van der Waals surface area (Å²) in [4.78, 5) is 24.5. The van der Waals surface area contributed by atoms with E-state index in [1.807, 2.05) is 61.5 Å². The molecule has 0 bridgehead atoms. The number of aryl methyl sites for hydroxylation is 1. The Balaban J connectivity index is 1.46. The molecule has 34 heavy (non-hydrogen) atoms. The summed E-state index contributed by atoms with van der Waals surface area (Å²) in [6.07, 6.45) is 4.16. The van der Waals surface area contributed by atoms with Gasteiger partial charge in [-0.05, 0) is 73.1 Å². The largest absolute Gasteiger partial charge is 0.494 e. The quantitative estimate of drug-likeness (QED) is 0.295. The van der Waals surface area contributed by atoms with Crippen LogP contribution in [0.1, 0.15) is 24.5 Å². The molecule has 0 aliphatic heterocycles. The number of rotatable bonds is 9. The van der Waals surface area contributed by atoms with Crippen LogP contribution in [0.4, 0.5) is 11.4 Å². The van der Waals surface area contributed by atoms with Gasteiger partial charge in [-0.2, -0.15) is 0 Å². The van der Waals surface area contributed by atoms with Crippen LogP contribution in [0.3, 0.4) is 0 Å². The Morgan fingerprint density at radius 3 is 2.32 bits per heavy atom. The maximum atomic E-state index is 12.3. The lowest BCUT2D eigenvalue weighted by Crippen LogP contribution is -2.32. The first-order chi connectivity index (χ1) is 16.5. The lowest BCUT2D eigenvalue weighted by Gasteiger charge is -2.11. The highest BCUT2D eigenvalue weighted by molar-refractivity contribution is 7.80. The van der Waals surface area contributed by atoms with Crippen LogP contribution in [0, 0.1) is 0 Å². The Labute approximate surface area is 205 Å². The van der Waals surface area contributed by atoms with E-state index in [1.54, 1.807) is 30.3 Å². The number of nitrogens with one attached hydrogen (secondary N) is 3. The van der Waals surface area contributed by atoms with Crippen molar-refractivity contribution in [1.29, 1.82) is 0 Å². The van der Waals surface area contributed by atoms with E-state index in [9.17, 15) is 9.59 Å². The molecule has 0 fully saturated rings. The average Bonchev–Trinajstić information content (AvgIpc) is 2.83. The zero-order chi connectivity index (χ0) is 24.2. The molecule has 0 aromatic heterocycles. The van der Waals surface area contributed by atoms with E-state index >= 15 is 0 Å². The van der Waals surface area contributed by atoms with Crippen molar-refractivity contribution >= 4 is 46.6 Å². The highest BCUT2D eigenvalue weighted by atomic mass is 32.1. The van der Waals surface area contributed by atoms with Crippen molar-refractivity contribution in [2.75, 3.05) is 17.2 Å². The second-order valence-corrected chi connectivity index (χ2v) is 7.80. The number of anilines is 2. The molecule has 0 unspecified atom stereocenters. The van der Waals surface area contributed by atoms with Crippen molar-refractivity contribution < 1.29 is 14.3 Å². The Kier molecular flexibility index (Phi) is 9.37. The Morgan fingerprint density at radius 1 is 0.912 bits per heavy atom. The molecule has 2 amide bonds. The number of hydrogen-bond donors (Lipinski definition) is 3. The first-order valence-electron chi connectivity index (χ1n) is 11.0. The Hall–Kier alpha value is -3.97. The van der Waals surface area contributed by atoms with E-state index < -0.39 is 0 Å². The Morgan fingerprint density at radius 2 is 1.62 bits per heavy atom. The zero-order valence-corrected chi connectivity index (χ0v) is 19.7. The third-order valence-electron chi connectivity index (χ3n) is 4.74. The lowest BCUT2D eigenvalue weighted by molar-refractivity contribution is -0.116. The summed E-state index contributed by atoms with van der Waals surface area (Å²) < 4.78 is 5.40. The summed E-state index contributed by atoms with van der Waals surface area (Å²) in [7, 11) is 0. The van der Waals surface area contributed by atoms with Crippen LogP contribution in [0.15, 0.2) is 84.9 Å². The van der Waals surface area contributed by atoms with Gasteiger partial charge in [-0.25, -0.2) is 0 Å². The molecule has 0 aliphatic rings. The SMILES string of the molecule is CCOc1ccc(/C=C/C(=O)NC(=S)Nc2cccc(NC(=O)CCc3ccccc3)c2)cc1. The average molecular weight is 474 g/mol. The molecule has 6 nitrogen and oxygen atoms in total. The number of carbonyl (C=O) groups is 2. The number of benzene rings is 3. The Bertz CT molecular complexity index is 1150. The molecule has 0 radical (unpaired) electrons. The van der Waals surface area contributed by atoms with Gasteiger partial charge in [0.05, 0.1) is 6.61 Å². The van der Waals surface area contributed by atoms with Crippen LogP contribution in [0.5, 0.6) is 5.75 Å². The van der Waals surface area contributed by atoms with Crippen LogP contribution < -0.4 is 20.7 Å². The van der Waals surface area contributed by atoms with Gasteiger partial charge in [0, 0.05) is 23.9 Å². The van der Waals surface area contributed by atoms with E-state index in [4.69, 9.17) is 17.0 Å². The first-order valence-corrected chi connectivity index (χ1v) is 11.4. The molecular weight excluding hydrogens is 446 g/mol. The van der Waals surface area contributed by atoms with Crippen molar-refractivity contribution in [2.24, 2.45) is 0 Å². The highest BCUT2D eigenvalue weighted by Gasteiger charge is 2.06. The topological polar surface area (TPSA) is 79.5 Å². The molecule has 3 aromatic carbocycles. The van der Waals surface area contributed by atoms with Gasteiger partial charge in [-0.1, -0.05) is 48.5 Å². The van der Waals surface area contributed by atoms with Crippen molar-refractivity contribution in [2.45, 2.75) is 19.8 Å². The minimum atomic E-state index is -0.350. The monoisotopic (exact) mass is 473 g/mol. The van der Waals surface area contributed by atoms with Gasteiger partial charge < -0.3 is 15.4 Å². The normalized spacial score (nSPS) is 10.5. The first kappa shape index (κ1) is 24.7. The van der Waals surface area contributed by atoms with Crippen molar-refractivity contribution in [3.05, 3.63) is 96.1 Å². The van der Waals surface area contributed by atoms with Gasteiger partial charge in [0.1, 0.15) is 5.75 Å². The van der Waals surface area contributed by atoms with Crippen LogP contribution in [0.25, 0.3) is 6.08 Å². The molecular formula is C27H27N3O3S. The standard InChI is InChI=1S/C27H27N3O3S/c1-2-33-24-15-11-21(12-16-24)14-18-26(32)30-27(34)29-23-10-6-9-22(19-23)28-25(31)17-13-20-7-4-3-5-8-20/h3-12,14-16,18-19H,2,13,17H2,1H3,(H,28,31)(H2,29,30,32,34)/b18-14+. The molecule has 0 heterocycles. The summed E-state index contributed by atoms with van der Waals surface area (Å²) in [5, 5.41) is 8.62. The van der Waals surface area contributed by atoms with Gasteiger partial charge >= 0.3 is 0 Å². The van der Waals surface area contributed by atoms with Gasteiger partial charge in [0.2, 0.25) is 11.8 Å². The minimum Gasteiger partial charge on any atom is -0.494 e. The maximum Gasteiger partial charge on any atom is 0.250 e. The fraction of sp³-hybridized carbons (Fsp3) is 0.148. The van der Waals surface area contributed by atoms with Crippen LogP contribution >= 0.6 is 12.2 Å². The summed E-state index contributed by atoms with van der Waals surface area (Å²) in [6, 6.07) is 24.5. The molecule has 3 rings (SSSR count). The van der Waals surface area contributed by atoms with E-state index in [-0.39, 0.29) is 16.9 Å². The zero-order valence-electron chi connectivity index (χ0n) is 18.9.